The van der Waals surface area contributed by atoms with Gasteiger partial charge in [0.05, 0.1) is 19.3 Å². The van der Waals surface area contributed by atoms with Crippen molar-refractivity contribution in [3.63, 3.8) is 0 Å². The Bertz CT molecular complexity index is 282. The minimum absolute atomic E-state index is 0. The van der Waals surface area contributed by atoms with Gasteiger partial charge in [-0.2, -0.15) is 0 Å². The van der Waals surface area contributed by atoms with Gasteiger partial charge in [0.2, 0.25) is 0 Å². The number of nitrogens with one attached hydrogen (secondary N) is 1. The fourth-order valence-electron chi connectivity index (χ4n) is 1.32. The maximum atomic E-state index is 5.38. The Morgan fingerprint density at radius 1 is 1.31 bits per heavy atom. The molecule has 92 valence electrons. The van der Waals surface area contributed by atoms with E-state index in [1.807, 2.05) is 19.1 Å². The van der Waals surface area contributed by atoms with E-state index in [2.05, 4.69) is 38.5 Å². The van der Waals surface area contributed by atoms with E-state index in [0.29, 0.717) is 13.2 Å². The average molecular weight is 358 g/mol. The molecule has 0 heterocycles. The summed E-state index contributed by atoms with van der Waals surface area (Å²) in [5.74, 6) is 0.908. The zero-order chi connectivity index (χ0) is 11.1. The molecule has 0 amide bonds. The van der Waals surface area contributed by atoms with Crippen LogP contribution in [0.15, 0.2) is 24.3 Å². The molecule has 1 unspecified atom stereocenters. The van der Waals surface area contributed by atoms with Gasteiger partial charge in [-0.3, -0.25) is 3.53 Å². The number of hydrogen-bond acceptors (Lipinski definition) is 3. The summed E-state index contributed by atoms with van der Waals surface area (Å²) >= 11 is 2.14. The number of benzene rings is 1. The van der Waals surface area contributed by atoms with Crippen LogP contribution in [0.25, 0.3) is 0 Å². The molecular formula is C11H17ClINO2. The van der Waals surface area contributed by atoms with Crippen molar-refractivity contribution in [2.45, 2.75) is 13.0 Å². The summed E-state index contributed by atoms with van der Waals surface area (Å²) in [5, 5.41) is 0. The molecule has 1 aromatic rings. The molecule has 1 atom stereocenters. The molecule has 0 fully saturated rings. The summed E-state index contributed by atoms with van der Waals surface area (Å²) in [6.07, 6.45) is 0. The molecule has 3 nitrogen and oxygen atoms in total. The van der Waals surface area contributed by atoms with Crippen molar-refractivity contribution in [3.05, 3.63) is 29.8 Å². The normalized spacial score (nSPS) is 11.7. The highest BCUT2D eigenvalue weighted by molar-refractivity contribution is 14.1. The van der Waals surface area contributed by atoms with E-state index >= 15 is 0 Å². The van der Waals surface area contributed by atoms with E-state index in [4.69, 9.17) is 9.47 Å². The van der Waals surface area contributed by atoms with Crippen LogP contribution in [0, 0.1) is 0 Å². The minimum Gasteiger partial charge on any atom is -0.494 e. The molecule has 0 saturated heterocycles. The minimum atomic E-state index is 0. The lowest BCUT2D eigenvalue weighted by Gasteiger charge is -2.14. The van der Waals surface area contributed by atoms with Gasteiger partial charge in [-0.15, -0.1) is 12.4 Å². The van der Waals surface area contributed by atoms with Crippen molar-refractivity contribution in [3.8, 4) is 5.75 Å². The van der Waals surface area contributed by atoms with Gasteiger partial charge in [0.1, 0.15) is 5.75 Å². The van der Waals surface area contributed by atoms with Gasteiger partial charge < -0.3 is 9.47 Å². The first kappa shape index (κ1) is 16.0. The average Bonchev–Trinajstić information content (AvgIpc) is 2.28. The first-order valence-electron chi connectivity index (χ1n) is 4.89. The van der Waals surface area contributed by atoms with Crippen molar-refractivity contribution in [2.24, 2.45) is 0 Å². The van der Waals surface area contributed by atoms with E-state index in [1.54, 1.807) is 7.11 Å². The van der Waals surface area contributed by atoms with Crippen LogP contribution in [0.2, 0.25) is 0 Å². The predicted octanol–water partition coefficient (Wildman–Crippen LogP) is 3.13. The maximum absolute atomic E-state index is 5.38. The second kappa shape index (κ2) is 9.04. The molecule has 0 aromatic heterocycles. The van der Waals surface area contributed by atoms with Gasteiger partial charge >= 0.3 is 0 Å². The van der Waals surface area contributed by atoms with E-state index in [9.17, 15) is 0 Å². The van der Waals surface area contributed by atoms with E-state index in [0.717, 1.165) is 5.75 Å². The van der Waals surface area contributed by atoms with Gasteiger partial charge in [0.15, 0.2) is 0 Å². The van der Waals surface area contributed by atoms with Gasteiger partial charge in [-0.25, -0.2) is 0 Å². The Labute approximate surface area is 117 Å². The summed E-state index contributed by atoms with van der Waals surface area (Å²) < 4.78 is 13.7. The van der Waals surface area contributed by atoms with Crippen molar-refractivity contribution >= 4 is 35.3 Å². The van der Waals surface area contributed by atoms with Crippen molar-refractivity contribution < 1.29 is 9.47 Å². The molecule has 1 rings (SSSR count). The third-order valence-electron chi connectivity index (χ3n) is 2.06. The number of methoxy groups -OCH3 is 1. The molecule has 5 heteroatoms. The SMILES string of the molecule is CCOc1ccc(C(COC)NI)cc1.Cl. The highest BCUT2D eigenvalue weighted by Gasteiger charge is 2.08. The van der Waals surface area contributed by atoms with Gasteiger partial charge in [-0.05, 0) is 24.6 Å². The van der Waals surface area contributed by atoms with Gasteiger partial charge in [0, 0.05) is 30.0 Å². The zero-order valence-electron chi connectivity index (χ0n) is 9.40. The van der Waals surface area contributed by atoms with E-state index < -0.39 is 0 Å². The molecule has 0 bridgehead atoms. The Kier molecular flexibility index (Phi) is 9.02. The van der Waals surface area contributed by atoms with Crippen LogP contribution in [-0.4, -0.2) is 20.3 Å². The topological polar surface area (TPSA) is 30.5 Å². The van der Waals surface area contributed by atoms with Crippen LogP contribution in [0.3, 0.4) is 0 Å². The molecule has 0 saturated carbocycles. The lowest BCUT2D eigenvalue weighted by atomic mass is 10.1. The van der Waals surface area contributed by atoms with Crippen molar-refractivity contribution in [2.75, 3.05) is 20.3 Å². The number of rotatable bonds is 6. The number of halogens is 2. The Morgan fingerprint density at radius 3 is 2.38 bits per heavy atom. The largest absolute Gasteiger partial charge is 0.494 e. The van der Waals surface area contributed by atoms with Crippen LogP contribution in [0.1, 0.15) is 18.5 Å². The fraction of sp³-hybridized carbons (Fsp3) is 0.455. The number of ether oxygens (including phenoxy) is 2. The standard InChI is InChI=1S/C11H16INO2.ClH/c1-3-15-10-6-4-9(5-7-10)11(13-12)8-14-2;/h4-7,11,13H,3,8H2,1-2H3;1H. The predicted molar refractivity (Wildman–Crippen MR) is 76.6 cm³/mol. The lowest BCUT2D eigenvalue weighted by Crippen LogP contribution is -2.16. The molecule has 0 spiro atoms. The summed E-state index contributed by atoms with van der Waals surface area (Å²) in [6.45, 7) is 3.34. The Morgan fingerprint density at radius 2 is 1.94 bits per heavy atom. The smallest absolute Gasteiger partial charge is 0.119 e. The Balaban J connectivity index is 0.00000225. The molecule has 1 N–H and O–H groups in total. The molecule has 0 aliphatic heterocycles. The van der Waals surface area contributed by atoms with Crippen molar-refractivity contribution in [1.82, 2.24) is 3.53 Å². The van der Waals surface area contributed by atoms with Gasteiger partial charge in [-0.1, -0.05) is 12.1 Å². The first-order chi connectivity index (χ1) is 7.31. The van der Waals surface area contributed by atoms with Crippen LogP contribution in [-0.2, 0) is 4.74 Å². The molecule has 0 aliphatic rings. The molecule has 16 heavy (non-hydrogen) atoms. The fourth-order valence-corrected chi connectivity index (χ4v) is 1.86. The number of hydrogen-bond donors (Lipinski definition) is 1. The summed E-state index contributed by atoms with van der Waals surface area (Å²) in [5.41, 5.74) is 1.20. The van der Waals surface area contributed by atoms with Crippen LogP contribution < -0.4 is 8.27 Å². The summed E-state index contributed by atoms with van der Waals surface area (Å²) in [7, 11) is 1.70. The molecular weight excluding hydrogens is 340 g/mol. The molecule has 1 aromatic carbocycles. The molecule has 0 aliphatic carbocycles. The highest BCUT2D eigenvalue weighted by atomic mass is 127. The monoisotopic (exact) mass is 357 g/mol. The quantitative estimate of drug-likeness (QED) is 0.627. The third-order valence-corrected chi connectivity index (χ3v) is 2.81. The first-order valence-corrected chi connectivity index (χ1v) is 5.97. The summed E-state index contributed by atoms with van der Waals surface area (Å²) in [6, 6.07) is 8.30. The summed E-state index contributed by atoms with van der Waals surface area (Å²) in [4.78, 5) is 0. The second-order valence-corrected chi connectivity index (χ2v) is 3.74. The van der Waals surface area contributed by atoms with E-state index in [1.165, 1.54) is 5.56 Å². The highest BCUT2D eigenvalue weighted by Crippen LogP contribution is 2.18. The van der Waals surface area contributed by atoms with Gasteiger partial charge in [0.25, 0.3) is 0 Å². The Hall–Kier alpha value is -0.0400. The van der Waals surface area contributed by atoms with Crippen LogP contribution >= 0.6 is 35.3 Å². The van der Waals surface area contributed by atoms with E-state index in [-0.39, 0.29) is 18.4 Å². The zero-order valence-corrected chi connectivity index (χ0v) is 12.4. The van der Waals surface area contributed by atoms with Crippen LogP contribution in [0.4, 0.5) is 0 Å². The molecule has 0 radical (unpaired) electrons. The van der Waals surface area contributed by atoms with Crippen LogP contribution in [0.5, 0.6) is 5.75 Å². The second-order valence-electron chi connectivity index (χ2n) is 3.12. The third kappa shape index (κ3) is 4.86. The lowest BCUT2D eigenvalue weighted by molar-refractivity contribution is 0.178. The maximum Gasteiger partial charge on any atom is 0.119 e. The van der Waals surface area contributed by atoms with Crippen molar-refractivity contribution in [1.29, 1.82) is 0 Å².